The van der Waals surface area contributed by atoms with Gasteiger partial charge >= 0.3 is 5.97 Å². The number of ether oxygens (including phenoxy) is 1. The maximum atomic E-state index is 13.1. The zero-order valence-electron chi connectivity index (χ0n) is 25.4. The fraction of sp³-hybridized carbons (Fsp3) is 0.371. The van der Waals surface area contributed by atoms with Gasteiger partial charge in [0.05, 0.1) is 22.8 Å². The number of aryl methyl sites for hydroxylation is 3. The molecular formula is C35H38ClN5O3. The molecule has 2 N–H and O–H groups in total. The highest BCUT2D eigenvalue weighted by molar-refractivity contribution is 6.35. The molecule has 2 unspecified atom stereocenters. The van der Waals surface area contributed by atoms with E-state index in [0.29, 0.717) is 48.8 Å². The van der Waals surface area contributed by atoms with E-state index in [1.807, 2.05) is 66.5 Å². The highest BCUT2D eigenvalue weighted by Crippen LogP contribution is 2.42. The predicted octanol–water partition coefficient (Wildman–Crippen LogP) is 6.22. The van der Waals surface area contributed by atoms with Crippen molar-refractivity contribution in [1.82, 2.24) is 24.6 Å². The first kappa shape index (κ1) is 28.9. The first-order valence-electron chi connectivity index (χ1n) is 15.5. The first-order valence-corrected chi connectivity index (χ1v) is 15.8. The van der Waals surface area contributed by atoms with Gasteiger partial charge in [-0.2, -0.15) is 5.10 Å². The number of fused-ring (bicyclic) bond motifs is 4. The molecule has 3 fully saturated rings. The van der Waals surface area contributed by atoms with Gasteiger partial charge in [0.25, 0.3) is 0 Å². The molecule has 3 saturated heterocycles. The number of nitrogens with one attached hydrogen (secondary N) is 1. The highest BCUT2D eigenvalue weighted by Gasteiger charge is 2.36. The van der Waals surface area contributed by atoms with Crippen LogP contribution in [0.25, 0.3) is 32.8 Å². The summed E-state index contributed by atoms with van der Waals surface area (Å²) in [4.78, 5) is 15.5. The molecule has 3 aliphatic heterocycles. The van der Waals surface area contributed by atoms with Crippen molar-refractivity contribution in [2.24, 2.45) is 7.05 Å². The molecule has 8 nitrogen and oxygen atoms in total. The van der Waals surface area contributed by atoms with Crippen molar-refractivity contribution >= 4 is 39.2 Å². The number of carboxylic acids is 1. The third-order valence-corrected chi connectivity index (χ3v) is 9.77. The summed E-state index contributed by atoms with van der Waals surface area (Å²) in [5.74, 6) is -0.0781. The molecule has 5 aromatic rings. The zero-order chi connectivity index (χ0) is 30.5. The molecule has 3 aliphatic rings. The van der Waals surface area contributed by atoms with E-state index in [0.717, 1.165) is 75.1 Å². The average Bonchev–Trinajstić information content (AvgIpc) is 3.45. The molecule has 0 spiro atoms. The number of benzene rings is 3. The van der Waals surface area contributed by atoms with E-state index in [2.05, 4.69) is 33.5 Å². The van der Waals surface area contributed by atoms with Crippen molar-refractivity contribution in [3.8, 4) is 16.9 Å². The molecule has 0 saturated carbocycles. The summed E-state index contributed by atoms with van der Waals surface area (Å²) >= 11 is 6.98. The van der Waals surface area contributed by atoms with Crippen molar-refractivity contribution in [1.29, 1.82) is 0 Å². The van der Waals surface area contributed by atoms with Crippen LogP contribution >= 0.6 is 11.6 Å². The van der Waals surface area contributed by atoms with Gasteiger partial charge in [-0.05, 0) is 56.2 Å². The van der Waals surface area contributed by atoms with Gasteiger partial charge in [0.15, 0.2) is 0 Å². The molecule has 9 heteroatoms. The van der Waals surface area contributed by atoms with Crippen LogP contribution in [0.4, 0.5) is 0 Å². The van der Waals surface area contributed by atoms with E-state index < -0.39 is 5.97 Å². The van der Waals surface area contributed by atoms with Crippen molar-refractivity contribution in [3.05, 3.63) is 82.3 Å². The van der Waals surface area contributed by atoms with Crippen LogP contribution in [-0.2, 0) is 20.0 Å². The monoisotopic (exact) mass is 611 g/mol. The number of rotatable bonds is 10. The van der Waals surface area contributed by atoms with E-state index in [9.17, 15) is 9.90 Å². The molecule has 0 radical (unpaired) electrons. The Morgan fingerprint density at radius 3 is 2.50 bits per heavy atom. The third-order valence-electron chi connectivity index (χ3n) is 9.46. The number of halogens is 1. The van der Waals surface area contributed by atoms with Gasteiger partial charge in [-0.3, -0.25) is 9.58 Å². The highest BCUT2D eigenvalue weighted by atomic mass is 35.5. The summed E-state index contributed by atoms with van der Waals surface area (Å²) in [5.41, 5.74) is 5.73. The Balaban J connectivity index is 1.27. The third kappa shape index (κ3) is 5.05. The first-order chi connectivity index (χ1) is 21.3. The molecule has 2 bridgehead atoms. The molecule has 2 atom stereocenters. The molecule has 5 heterocycles. The lowest BCUT2D eigenvalue weighted by atomic mass is 9.91. The van der Waals surface area contributed by atoms with Gasteiger partial charge in [-0.15, -0.1) is 0 Å². The van der Waals surface area contributed by atoms with Crippen LogP contribution in [0, 0.1) is 13.8 Å². The van der Waals surface area contributed by atoms with E-state index >= 15 is 0 Å². The van der Waals surface area contributed by atoms with Gasteiger partial charge < -0.3 is 19.7 Å². The zero-order valence-corrected chi connectivity index (χ0v) is 26.2. The lowest BCUT2D eigenvalue weighted by Gasteiger charge is -2.48. The van der Waals surface area contributed by atoms with Gasteiger partial charge in [0.2, 0.25) is 0 Å². The molecule has 228 valence electrons. The largest absolute Gasteiger partial charge is 0.493 e. The Morgan fingerprint density at radius 2 is 1.77 bits per heavy atom. The number of carboxylic acid groups (broad SMARTS) is 1. The second kappa shape index (κ2) is 11.6. The maximum Gasteiger partial charge on any atom is 0.352 e. The number of hydrogen-bond donors (Lipinski definition) is 2. The van der Waals surface area contributed by atoms with Crippen LogP contribution in [0.1, 0.15) is 40.3 Å². The summed E-state index contributed by atoms with van der Waals surface area (Å²) in [6.45, 7) is 7.82. The fourth-order valence-corrected chi connectivity index (χ4v) is 7.62. The Kier molecular flexibility index (Phi) is 7.60. The fourth-order valence-electron chi connectivity index (χ4n) is 7.37. The number of nitrogens with zero attached hydrogens (tertiary/aromatic N) is 4. The SMILES string of the molecule is Cc1nn(C)c(C)c1-c1c(Cl)ccc2c(CCCOc3cccc4ccccc34)c(C(=O)O)n(CCN3CC4CC(C3)N4)c12. The summed E-state index contributed by atoms with van der Waals surface area (Å²) in [6.07, 6.45) is 2.47. The summed E-state index contributed by atoms with van der Waals surface area (Å²) in [5, 5.41) is 22.7. The number of aromatic carboxylic acids is 1. The van der Waals surface area contributed by atoms with Gasteiger partial charge in [-0.1, -0.05) is 54.1 Å². The van der Waals surface area contributed by atoms with Crippen LogP contribution in [-0.4, -0.2) is 68.6 Å². The Hall–Kier alpha value is -3.85. The maximum absolute atomic E-state index is 13.1. The molecule has 0 aliphatic carbocycles. The summed E-state index contributed by atoms with van der Waals surface area (Å²) < 4.78 is 10.1. The van der Waals surface area contributed by atoms with Crippen LogP contribution < -0.4 is 10.1 Å². The summed E-state index contributed by atoms with van der Waals surface area (Å²) in [7, 11) is 1.93. The Morgan fingerprint density at radius 1 is 1.02 bits per heavy atom. The number of aromatic nitrogens is 3. The minimum absolute atomic E-state index is 0.341. The minimum atomic E-state index is -0.920. The molecule has 3 aromatic carbocycles. The van der Waals surface area contributed by atoms with Crippen molar-refractivity contribution in [2.45, 2.75) is 51.7 Å². The topological polar surface area (TPSA) is 84.5 Å². The van der Waals surface area contributed by atoms with E-state index in [1.54, 1.807) is 0 Å². The van der Waals surface area contributed by atoms with Crippen LogP contribution in [0.2, 0.25) is 5.02 Å². The number of piperazine rings is 1. The lowest BCUT2D eigenvalue weighted by Crippen LogP contribution is -2.66. The Bertz CT molecular complexity index is 1870. The van der Waals surface area contributed by atoms with Gasteiger partial charge in [0.1, 0.15) is 11.4 Å². The van der Waals surface area contributed by atoms with Crippen molar-refractivity contribution < 1.29 is 14.6 Å². The van der Waals surface area contributed by atoms with E-state index in [-0.39, 0.29) is 0 Å². The Labute approximate surface area is 262 Å². The smallest absolute Gasteiger partial charge is 0.352 e. The van der Waals surface area contributed by atoms with Crippen LogP contribution in [0.15, 0.2) is 54.6 Å². The van der Waals surface area contributed by atoms with E-state index in [4.69, 9.17) is 16.3 Å². The van der Waals surface area contributed by atoms with Crippen LogP contribution in [0.3, 0.4) is 0 Å². The quantitative estimate of drug-likeness (QED) is 0.182. The normalized spacial score (nSPS) is 18.2. The molecular weight excluding hydrogens is 574 g/mol. The molecule has 8 rings (SSSR count). The number of carbonyl (C=O) groups is 1. The second-order valence-corrected chi connectivity index (χ2v) is 12.7. The lowest BCUT2D eigenvalue weighted by molar-refractivity contribution is 0.0668. The predicted molar refractivity (Wildman–Crippen MR) is 175 cm³/mol. The molecule has 2 aromatic heterocycles. The van der Waals surface area contributed by atoms with Gasteiger partial charge in [-0.25, -0.2) is 4.79 Å². The van der Waals surface area contributed by atoms with Crippen LogP contribution in [0.5, 0.6) is 5.75 Å². The van der Waals surface area contributed by atoms with E-state index in [1.165, 1.54) is 6.42 Å². The summed E-state index contributed by atoms with van der Waals surface area (Å²) in [6, 6.07) is 19.2. The van der Waals surface area contributed by atoms with Crippen molar-refractivity contribution in [3.63, 3.8) is 0 Å². The standard InChI is InChI=1S/C35H38ClN5O3/c1-21-31(22(2)39(3)38-21)32-29(36)14-13-28-27(11-7-17-44-30-12-6-9-23-8-4-5-10-26(23)30)34(35(42)43)41(33(28)32)16-15-40-19-24-18-25(20-40)37-24/h4-6,8-10,12-14,24-25,37H,7,11,15-20H2,1-3H3,(H,42,43). The molecule has 0 amide bonds. The number of hydrogen-bond acceptors (Lipinski definition) is 5. The second-order valence-electron chi connectivity index (χ2n) is 12.3. The number of piperidine rings is 1. The minimum Gasteiger partial charge on any atom is -0.493 e. The molecule has 44 heavy (non-hydrogen) atoms. The average molecular weight is 612 g/mol. The van der Waals surface area contributed by atoms with Gasteiger partial charge in [0, 0.05) is 72.9 Å². The van der Waals surface area contributed by atoms with Crippen molar-refractivity contribution in [2.75, 3.05) is 26.2 Å².